The summed E-state index contributed by atoms with van der Waals surface area (Å²) in [6.45, 7) is 2.08. The number of nitrogens with zero attached hydrogens (tertiary/aromatic N) is 1. The van der Waals surface area contributed by atoms with E-state index in [1.54, 1.807) is 4.90 Å². The minimum Gasteiger partial charge on any atom is -0.467 e. The number of hydrogen-bond donors (Lipinski definition) is 0. The fourth-order valence-electron chi connectivity index (χ4n) is 2.26. The van der Waals surface area contributed by atoms with Crippen molar-refractivity contribution in [1.82, 2.24) is 0 Å². The zero-order valence-corrected chi connectivity index (χ0v) is 10.7. The van der Waals surface area contributed by atoms with Crippen LogP contribution in [0, 0.1) is 0 Å². The van der Waals surface area contributed by atoms with Gasteiger partial charge in [0.25, 0.3) is 0 Å². The Balaban J connectivity index is 2.27. The van der Waals surface area contributed by atoms with Gasteiger partial charge in [0, 0.05) is 12.1 Å². The van der Waals surface area contributed by atoms with E-state index in [4.69, 9.17) is 4.74 Å². The second kappa shape index (κ2) is 5.21. The summed E-state index contributed by atoms with van der Waals surface area (Å²) in [5.41, 5.74) is 1.98. The molecule has 1 aliphatic rings. The number of esters is 1. The third-order valence-electron chi connectivity index (χ3n) is 3.31. The van der Waals surface area contributed by atoms with Gasteiger partial charge in [-0.05, 0) is 30.5 Å². The van der Waals surface area contributed by atoms with Crippen molar-refractivity contribution in [3.05, 3.63) is 29.8 Å². The maximum atomic E-state index is 11.9. The smallest absolute Gasteiger partial charge is 0.328 e. The zero-order chi connectivity index (χ0) is 13.1. The van der Waals surface area contributed by atoms with E-state index in [0.29, 0.717) is 12.8 Å². The molecule has 0 spiro atoms. The Morgan fingerprint density at radius 1 is 1.39 bits per heavy atom. The Bertz CT molecular complexity index is 453. The van der Waals surface area contributed by atoms with Crippen LogP contribution >= 0.6 is 0 Å². The molecule has 0 aliphatic carbocycles. The molecule has 18 heavy (non-hydrogen) atoms. The number of carbonyl (C=O) groups excluding carboxylic acids is 2. The van der Waals surface area contributed by atoms with Gasteiger partial charge in [0.05, 0.1) is 7.11 Å². The summed E-state index contributed by atoms with van der Waals surface area (Å²) in [6, 6.07) is 7.26. The zero-order valence-electron chi connectivity index (χ0n) is 10.7. The molecule has 1 heterocycles. The Hall–Kier alpha value is -1.84. The summed E-state index contributed by atoms with van der Waals surface area (Å²) in [4.78, 5) is 25.1. The molecular formula is C14H17NO3. The van der Waals surface area contributed by atoms with Crippen molar-refractivity contribution in [2.75, 3.05) is 12.0 Å². The fraction of sp³-hybridized carbons (Fsp3) is 0.429. The van der Waals surface area contributed by atoms with E-state index < -0.39 is 6.04 Å². The Kier molecular flexibility index (Phi) is 3.65. The largest absolute Gasteiger partial charge is 0.467 e. The number of ether oxygens (including phenoxy) is 1. The molecule has 96 valence electrons. The molecule has 1 atom stereocenters. The number of anilines is 1. The molecule has 1 aromatic carbocycles. The lowest BCUT2D eigenvalue weighted by Gasteiger charge is -2.23. The number of benzene rings is 1. The molecule has 1 saturated heterocycles. The van der Waals surface area contributed by atoms with Crippen LogP contribution in [0.15, 0.2) is 24.3 Å². The summed E-state index contributed by atoms with van der Waals surface area (Å²) in [7, 11) is 1.35. The monoisotopic (exact) mass is 247 g/mol. The minimum absolute atomic E-state index is 0.0188. The van der Waals surface area contributed by atoms with Crippen LogP contribution in [0.25, 0.3) is 0 Å². The van der Waals surface area contributed by atoms with Gasteiger partial charge in [-0.1, -0.05) is 19.1 Å². The summed E-state index contributed by atoms with van der Waals surface area (Å²) in [6.07, 6.45) is 1.88. The summed E-state index contributed by atoms with van der Waals surface area (Å²) in [5, 5.41) is 0. The van der Waals surface area contributed by atoms with E-state index in [1.807, 2.05) is 24.3 Å². The standard InChI is InChI=1S/C14H17NO3/c1-3-10-4-6-11(7-5-10)15-12(14(17)18-2)8-9-13(15)16/h4-7,12H,3,8-9H2,1-2H3. The number of rotatable bonds is 3. The van der Waals surface area contributed by atoms with E-state index in [0.717, 1.165) is 12.1 Å². The Morgan fingerprint density at radius 3 is 2.61 bits per heavy atom. The van der Waals surface area contributed by atoms with Crippen LogP contribution in [0.2, 0.25) is 0 Å². The van der Waals surface area contributed by atoms with Crippen molar-refractivity contribution in [3.63, 3.8) is 0 Å². The molecule has 1 fully saturated rings. The molecule has 1 aliphatic heterocycles. The third kappa shape index (κ3) is 2.23. The number of methoxy groups -OCH3 is 1. The molecule has 0 bridgehead atoms. The van der Waals surface area contributed by atoms with Crippen molar-refractivity contribution in [1.29, 1.82) is 0 Å². The predicted octanol–water partition coefficient (Wildman–Crippen LogP) is 1.92. The quantitative estimate of drug-likeness (QED) is 0.767. The highest BCUT2D eigenvalue weighted by Crippen LogP contribution is 2.27. The highest BCUT2D eigenvalue weighted by Gasteiger charge is 2.37. The average Bonchev–Trinajstić information content (AvgIpc) is 2.80. The molecule has 1 unspecified atom stereocenters. The van der Waals surface area contributed by atoms with Gasteiger partial charge < -0.3 is 4.74 Å². The van der Waals surface area contributed by atoms with Gasteiger partial charge in [0.2, 0.25) is 5.91 Å². The van der Waals surface area contributed by atoms with Crippen molar-refractivity contribution in [3.8, 4) is 0 Å². The van der Waals surface area contributed by atoms with Gasteiger partial charge in [-0.15, -0.1) is 0 Å². The van der Waals surface area contributed by atoms with Crippen LogP contribution in [0.1, 0.15) is 25.3 Å². The second-order valence-electron chi connectivity index (χ2n) is 4.36. The first-order valence-corrected chi connectivity index (χ1v) is 6.16. The van der Waals surface area contributed by atoms with Crippen molar-refractivity contribution in [2.24, 2.45) is 0 Å². The molecule has 0 aromatic heterocycles. The van der Waals surface area contributed by atoms with Crippen LogP contribution < -0.4 is 4.90 Å². The molecule has 0 radical (unpaired) electrons. The minimum atomic E-state index is -0.477. The van der Waals surface area contributed by atoms with Gasteiger partial charge in [0.1, 0.15) is 6.04 Å². The topological polar surface area (TPSA) is 46.6 Å². The van der Waals surface area contributed by atoms with Crippen LogP contribution in [-0.4, -0.2) is 25.0 Å². The molecular weight excluding hydrogens is 230 g/mol. The predicted molar refractivity (Wildman–Crippen MR) is 68.3 cm³/mol. The number of amides is 1. The average molecular weight is 247 g/mol. The lowest BCUT2D eigenvalue weighted by molar-refractivity contribution is -0.142. The number of carbonyl (C=O) groups is 2. The van der Waals surface area contributed by atoms with Gasteiger partial charge in [-0.3, -0.25) is 9.69 Å². The lowest BCUT2D eigenvalue weighted by Crippen LogP contribution is -2.39. The first-order chi connectivity index (χ1) is 8.67. The fourth-order valence-corrected chi connectivity index (χ4v) is 2.26. The van der Waals surface area contributed by atoms with Gasteiger partial charge in [-0.25, -0.2) is 4.79 Å². The SMILES string of the molecule is CCc1ccc(N2C(=O)CCC2C(=O)OC)cc1. The molecule has 2 rings (SSSR count). The van der Waals surface area contributed by atoms with Crippen molar-refractivity contribution in [2.45, 2.75) is 32.2 Å². The van der Waals surface area contributed by atoms with E-state index >= 15 is 0 Å². The highest BCUT2D eigenvalue weighted by molar-refractivity contribution is 6.02. The molecule has 4 nitrogen and oxygen atoms in total. The number of aryl methyl sites for hydroxylation is 1. The maximum Gasteiger partial charge on any atom is 0.328 e. The summed E-state index contributed by atoms with van der Waals surface area (Å²) >= 11 is 0. The third-order valence-corrected chi connectivity index (χ3v) is 3.31. The second-order valence-corrected chi connectivity index (χ2v) is 4.36. The van der Waals surface area contributed by atoms with Gasteiger partial charge >= 0.3 is 5.97 Å². The van der Waals surface area contributed by atoms with E-state index in [-0.39, 0.29) is 11.9 Å². The highest BCUT2D eigenvalue weighted by atomic mass is 16.5. The van der Waals surface area contributed by atoms with Crippen LogP contribution in [0.3, 0.4) is 0 Å². The van der Waals surface area contributed by atoms with Gasteiger partial charge in [0.15, 0.2) is 0 Å². The number of hydrogen-bond acceptors (Lipinski definition) is 3. The van der Waals surface area contributed by atoms with Crippen molar-refractivity contribution >= 4 is 17.6 Å². The van der Waals surface area contributed by atoms with E-state index in [2.05, 4.69) is 6.92 Å². The van der Waals surface area contributed by atoms with Crippen molar-refractivity contribution < 1.29 is 14.3 Å². The molecule has 4 heteroatoms. The first kappa shape index (κ1) is 12.6. The molecule has 0 N–H and O–H groups in total. The Morgan fingerprint density at radius 2 is 2.06 bits per heavy atom. The van der Waals surface area contributed by atoms with E-state index in [1.165, 1.54) is 12.7 Å². The van der Waals surface area contributed by atoms with E-state index in [9.17, 15) is 9.59 Å². The summed E-state index contributed by atoms with van der Waals surface area (Å²) < 4.78 is 4.75. The maximum absolute atomic E-state index is 11.9. The lowest BCUT2D eigenvalue weighted by atomic mass is 10.1. The normalized spacial score (nSPS) is 19.1. The van der Waals surface area contributed by atoms with Crippen LogP contribution in [0.4, 0.5) is 5.69 Å². The molecule has 1 amide bonds. The van der Waals surface area contributed by atoms with Gasteiger partial charge in [-0.2, -0.15) is 0 Å². The van der Waals surface area contributed by atoms with Crippen LogP contribution in [0.5, 0.6) is 0 Å². The first-order valence-electron chi connectivity index (χ1n) is 6.16. The molecule has 1 aromatic rings. The van der Waals surface area contributed by atoms with Crippen LogP contribution in [-0.2, 0) is 20.7 Å². The molecule has 0 saturated carbocycles. The Labute approximate surface area is 107 Å². The summed E-state index contributed by atoms with van der Waals surface area (Å²) in [5.74, 6) is -0.366.